The molecule has 1 aromatic heterocycles. The maximum atomic E-state index is 5.26. The SMILES string of the molecule is COc1ccc(/C=N/n2c(-c3ccccc3)n[nH]c2=S)cc1Br. The lowest BCUT2D eigenvalue weighted by Gasteiger charge is -2.03. The van der Waals surface area contributed by atoms with Crippen molar-refractivity contribution in [2.75, 3.05) is 7.11 Å². The van der Waals surface area contributed by atoms with E-state index in [2.05, 4.69) is 31.2 Å². The Balaban J connectivity index is 1.96. The van der Waals surface area contributed by atoms with Crippen molar-refractivity contribution < 1.29 is 4.74 Å². The first-order valence-corrected chi connectivity index (χ1v) is 8.00. The average Bonchev–Trinajstić information content (AvgIpc) is 2.94. The van der Waals surface area contributed by atoms with Gasteiger partial charge in [0, 0.05) is 5.56 Å². The van der Waals surface area contributed by atoms with Crippen molar-refractivity contribution in [3.05, 3.63) is 63.3 Å². The van der Waals surface area contributed by atoms with E-state index in [0.717, 1.165) is 21.3 Å². The number of methoxy groups -OCH3 is 1. The molecule has 0 bridgehead atoms. The fourth-order valence-electron chi connectivity index (χ4n) is 2.06. The number of rotatable bonds is 4. The Morgan fingerprint density at radius 2 is 2.04 bits per heavy atom. The van der Waals surface area contributed by atoms with Crippen LogP contribution < -0.4 is 4.74 Å². The smallest absolute Gasteiger partial charge is 0.216 e. The number of H-pyrrole nitrogens is 1. The second-order valence-electron chi connectivity index (χ2n) is 4.67. The third-order valence-electron chi connectivity index (χ3n) is 3.18. The Kier molecular flexibility index (Phi) is 4.68. The lowest BCUT2D eigenvalue weighted by molar-refractivity contribution is 0.412. The minimum absolute atomic E-state index is 0.438. The lowest BCUT2D eigenvalue weighted by atomic mass is 10.2. The topological polar surface area (TPSA) is 55.2 Å². The maximum Gasteiger partial charge on any atom is 0.216 e. The van der Waals surface area contributed by atoms with Gasteiger partial charge in [0.05, 0.1) is 17.8 Å². The van der Waals surface area contributed by atoms with E-state index < -0.39 is 0 Å². The van der Waals surface area contributed by atoms with Gasteiger partial charge in [0.1, 0.15) is 5.75 Å². The molecule has 23 heavy (non-hydrogen) atoms. The minimum atomic E-state index is 0.438. The summed E-state index contributed by atoms with van der Waals surface area (Å²) in [5, 5.41) is 11.5. The third-order valence-corrected chi connectivity index (χ3v) is 4.06. The average molecular weight is 389 g/mol. The summed E-state index contributed by atoms with van der Waals surface area (Å²) in [4.78, 5) is 0. The Hall–Kier alpha value is -2.25. The summed E-state index contributed by atoms with van der Waals surface area (Å²) in [6, 6.07) is 15.5. The van der Waals surface area contributed by atoms with Gasteiger partial charge < -0.3 is 4.74 Å². The molecule has 0 saturated carbocycles. The molecular weight excluding hydrogens is 376 g/mol. The number of nitrogens with one attached hydrogen (secondary N) is 1. The first-order valence-electron chi connectivity index (χ1n) is 6.80. The molecule has 1 heterocycles. The molecule has 7 heteroatoms. The van der Waals surface area contributed by atoms with Crippen LogP contribution in [0, 0.1) is 4.77 Å². The van der Waals surface area contributed by atoms with Crippen molar-refractivity contribution >= 4 is 34.4 Å². The fourth-order valence-corrected chi connectivity index (χ4v) is 2.80. The highest BCUT2D eigenvalue weighted by Gasteiger charge is 2.07. The minimum Gasteiger partial charge on any atom is -0.496 e. The number of ether oxygens (including phenoxy) is 1. The van der Waals surface area contributed by atoms with Crippen molar-refractivity contribution in [3.8, 4) is 17.1 Å². The molecule has 0 aliphatic heterocycles. The quantitative estimate of drug-likeness (QED) is 0.536. The summed E-state index contributed by atoms with van der Waals surface area (Å²) in [5.41, 5.74) is 1.85. The first-order chi connectivity index (χ1) is 11.2. The standard InChI is InChI=1S/C16H13BrN4OS/c1-22-14-8-7-11(9-13(14)17)10-18-21-15(19-20-16(21)23)12-5-3-2-4-6-12/h2-10H,1H3,(H,20,23)/b18-10+. The molecule has 0 radical (unpaired) electrons. The van der Waals surface area contributed by atoms with E-state index in [1.807, 2.05) is 48.5 Å². The molecule has 3 aromatic rings. The molecule has 1 N–H and O–H groups in total. The number of hydrogen-bond donors (Lipinski definition) is 1. The summed E-state index contributed by atoms with van der Waals surface area (Å²) in [6.07, 6.45) is 1.72. The highest BCUT2D eigenvalue weighted by atomic mass is 79.9. The second-order valence-corrected chi connectivity index (χ2v) is 5.91. The summed E-state index contributed by atoms with van der Waals surface area (Å²) in [6.45, 7) is 0. The lowest BCUT2D eigenvalue weighted by Crippen LogP contribution is -1.95. The van der Waals surface area contributed by atoms with Crippen LogP contribution in [-0.2, 0) is 0 Å². The van der Waals surface area contributed by atoms with Gasteiger partial charge in [0.25, 0.3) is 0 Å². The molecule has 0 unspecified atom stereocenters. The molecule has 0 spiro atoms. The number of aromatic nitrogens is 3. The van der Waals surface area contributed by atoms with Crippen molar-refractivity contribution in [2.24, 2.45) is 5.10 Å². The van der Waals surface area contributed by atoms with Crippen LogP contribution in [0.1, 0.15) is 5.56 Å². The molecule has 3 rings (SSSR count). The van der Waals surface area contributed by atoms with E-state index in [4.69, 9.17) is 17.0 Å². The Bertz CT molecular complexity index is 902. The monoisotopic (exact) mass is 388 g/mol. The van der Waals surface area contributed by atoms with Crippen LogP contribution in [0.5, 0.6) is 5.75 Å². The molecular formula is C16H13BrN4OS. The second kappa shape index (κ2) is 6.89. The van der Waals surface area contributed by atoms with Crippen LogP contribution in [0.3, 0.4) is 0 Å². The zero-order valence-corrected chi connectivity index (χ0v) is 14.6. The molecule has 2 aromatic carbocycles. The van der Waals surface area contributed by atoms with E-state index in [0.29, 0.717) is 10.6 Å². The Morgan fingerprint density at radius 3 is 2.74 bits per heavy atom. The van der Waals surface area contributed by atoms with E-state index in [9.17, 15) is 0 Å². The van der Waals surface area contributed by atoms with Gasteiger partial charge in [-0.3, -0.25) is 0 Å². The predicted molar refractivity (Wildman–Crippen MR) is 96.5 cm³/mol. The summed E-state index contributed by atoms with van der Waals surface area (Å²) in [7, 11) is 1.63. The molecule has 0 aliphatic rings. The van der Waals surface area contributed by atoms with E-state index in [1.165, 1.54) is 0 Å². The summed E-state index contributed by atoms with van der Waals surface area (Å²) in [5.74, 6) is 1.44. The molecule has 0 aliphatic carbocycles. The van der Waals surface area contributed by atoms with Gasteiger partial charge in [0.15, 0.2) is 5.82 Å². The molecule has 0 saturated heterocycles. The van der Waals surface area contributed by atoms with Gasteiger partial charge in [0.2, 0.25) is 4.77 Å². The van der Waals surface area contributed by atoms with Crippen molar-refractivity contribution in [3.63, 3.8) is 0 Å². The number of benzene rings is 2. The van der Waals surface area contributed by atoms with Crippen LogP contribution in [0.2, 0.25) is 0 Å². The van der Waals surface area contributed by atoms with Gasteiger partial charge >= 0.3 is 0 Å². The first kappa shape index (κ1) is 15.6. The van der Waals surface area contributed by atoms with Crippen LogP contribution in [0.4, 0.5) is 0 Å². The van der Waals surface area contributed by atoms with E-state index >= 15 is 0 Å². The van der Waals surface area contributed by atoms with Gasteiger partial charge in [-0.05, 0) is 51.9 Å². The largest absolute Gasteiger partial charge is 0.496 e. The van der Waals surface area contributed by atoms with Gasteiger partial charge in [-0.1, -0.05) is 30.3 Å². The molecule has 116 valence electrons. The van der Waals surface area contributed by atoms with Crippen molar-refractivity contribution in [1.29, 1.82) is 0 Å². The van der Waals surface area contributed by atoms with Crippen molar-refractivity contribution in [1.82, 2.24) is 14.9 Å². The number of halogens is 1. The molecule has 0 fully saturated rings. The Labute approximate surface area is 146 Å². The fraction of sp³-hybridized carbons (Fsp3) is 0.0625. The molecule has 0 amide bonds. The number of aromatic amines is 1. The van der Waals surface area contributed by atoms with E-state index in [1.54, 1.807) is 18.0 Å². The van der Waals surface area contributed by atoms with Gasteiger partial charge in [-0.25, -0.2) is 5.10 Å². The summed E-state index contributed by atoms with van der Waals surface area (Å²) < 4.78 is 8.12. The molecule has 5 nitrogen and oxygen atoms in total. The van der Waals surface area contributed by atoms with Crippen LogP contribution >= 0.6 is 28.1 Å². The van der Waals surface area contributed by atoms with Crippen LogP contribution in [0.25, 0.3) is 11.4 Å². The molecule has 0 atom stereocenters. The third kappa shape index (κ3) is 3.40. The van der Waals surface area contributed by atoms with Gasteiger partial charge in [-0.2, -0.15) is 14.9 Å². The predicted octanol–water partition coefficient (Wildman–Crippen LogP) is 4.26. The highest BCUT2D eigenvalue weighted by molar-refractivity contribution is 9.10. The zero-order chi connectivity index (χ0) is 16.2. The number of hydrogen-bond acceptors (Lipinski definition) is 4. The van der Waals surface area contributed by atoms with Crippen molar-refractivity contribution in [2.45, 2.75) is 0 Å². The van der Waals surface area contributed by atoms with Gasteiger partial charge in [-0.15, -0.1) is 0 Å². The maximum absolute atomic E-state index is 5.26. The summed E-state index contributed by atoms with van der Waals surface area (Å²) >= 11 is 8.71. The van der Waals surface area contributed by atoms with Crippen LogP contribution in [0.15, 0.2) is 58.1 Å². The number of nitrogens with zero attached hydrogens (tertiary/aromatic N) is 3. The van der Waals surface area contributed by atoms with E-state index in [-0.39, 0.29) is 0 Å². The van der Waals surface area contributed by atoms with Crippen LogP contribution in [-0.4, -0.2) is 28.2 Å². The Morgan fingerprint density at radius 1 is 1.26 bits per heavy atom. The zero-order valence-electron chi connectivity index (χ0n) is 12.2. The highest BCUT2D eigenvalue weighted by Crippen LogP contribution is 2.25. The normalized spacial score (nSPS) is 11.0.